The van der Waals surface area contributed by atoms with Crippen molar-refractivity contribution >= 4 is 32.7 Å². The number of carbonyl (C=O) groups excluding carboxylic acids is 1. The summed E-state index contributed by atoms with van der Waals surface area (Å²) >= 11 is 1.57. The molecule has 3 saturated carbocycles. The molecule has 5 atom stereocenters. The molecule has 0 aromatic rings. The van der Waals surface area contributed by atoms with Gasteiger partial charge >= 0.3 is 0 Å². The van der Waals surface area contributed by atoms with Crippen molar-refractivity contribution in [3.05, 3.63) is 0 Å². The van der Waals surface area contributed by atoms with E-state index in [2.05, 4.69) is 9.89 Å². The predicted octanol–water partition coefficient (Wildman–Crippen LogP) is 3.24. The minimum atomic E-state index is -2.96. The van der Waals surface area contributed by atoms with E-state index in [4.69, 9.17) is 0 Å². The number of amidine groups is 1. The fourth-order valence-corrected chi connectivity index (χ4v) is 10.3. The van der Waals surface area contributed by atoms with E-state index in [9.17, 15) is 13.2 Å². The molecule has 2 bridgehead atoms. The van der Waals surface area contributed by atoms with Gasteiger partial charge in [0.15, 0.2) is 15.0 Å². The molecule has 150 valence electrons. The first-order chi connectivity index (χ1) is 13.0. The van der Waals surface area contributed by atoms with E-state index in [-0.39, 0.29) is 28.7 Å². The highest BCUT2D eigenvalue weighted by molar-refractivity contribution is 8.15. The van der Waals surface area contributed by atoms with Crippen LogP contribution >= 0.6 is 11.8 Å². The van der Waals surface area contributed by atoms with Crippen molar-refractivity contribution < 1.29 is 13.2 Å². The fraction of sp³-hybridized carbons (Fsp3) is 0.900. The molecule has 5 aliphatic rings. The van der Waals surface area contributed by atoms with Gasteiger partial charge < -0.3 is 4.90 Å². The molecule has 0 aromatic carbocycles. The lowest BCUT2D eigenvalue weighted by Crippen LogP contribution is -2.47. The second-order valence-corrected chi connectivity index (χ2v) is 12.8. The molecule has 0 unspecified atom stereocenters. The third-order valence-corrected chi connectivity index (χ3v) is 10.9. The van der Waals surface area contributed by atoms with Crippen molar-refractivity contribution in [1.29, 1.82) is 0 Å². The SMILES string of the molecule is O=C(CCC1CCCC1)N=C1S[C@H]2CS(=O)(=O)C[C@@H]2N1[C@@H]1C[C@@H]2CC[C@@H]1C2. The highest BCUT2D eigenvalue weighted by Crippen LogP contribution is 2.51. The molecule has 5 nitrogen and oxygen atoms in total. The lowest BCUT2D eigenvalue weighted by Gasteiger charge is -2.36. The summed E-state index contributed by atoms with van der Waals surface area (Å²) in [6, 6.07) is 0.437. The number of rotatable bonds is 4. The summed E-state index contributed by atoms with van der Waals surface area (Å²) < 4.78 is 24.4. The van der Waals surface area contributed by atoms with Crippen LogP contribution in [-0.2, 0) is 14.6 Å². The van der Waals surface area contributed by atoms with E-state index in [1.807, 2.05) is 0 Å². The van der Waals surface area contributed by atoms with E-state index in [0.29, 0.717) is 24.3 Å². The highest BCUT2D eigenvalue weighted by atomic mass is 32.2. The van der Waals surface area contributed by atoms with Crippen molar-refractivity contribution in [3.8, 4) is 0 Å². The average molecular weight is 411 g/mol. The van der Waals surface area contributed by atoms with Crippen LogP contribution < -0.4 is 0 Å². The molecule has 5 rings (SSSR count). The van der Waals surface area contributed by atoms with Crippen LogP contribution in [-0.4, -0.2) is 53.2 Å². The van der Waals surface area contributed by atoms with Crippen LogP contribution in [0.25, 0.3) is 0 Å². The summed E-state index contributed by atoms with van der Waals surface area (Å²) in [4.78, 5) is 19.4. The Kier molecular flexibility index (Phi) is 4.82. The van der Waals surface area contributed by atoms with Gasteiger partial charge in [-0.2, -0.15) is 4.99 Å². The maximum atomic E-state index is 12.6. The van der Waals surface area contributed by atoms with Gasteiger partial charge in [-0.15, -0.1) is 0 Å². The van der Waals surface area contributed by atoms with E-state index < -0.39 is 9.84 Å². The Morgan fingerprint density at radius 3 is 2.59 bits per heavy atom. The van der Waals surface area contributed by atoms with Gasteiger partial charge in [0.1, 0.15) is 0 Å². The number of amides is 1. The second-order valence-electron chi connectivity index (χ2n) is 9.43. The zero-order valence-corrected chi connectivity index (χ0v) is 17.5. The molecule has 2 heterocycles. The zero-order chi connectivity index (χ0) is 18.6. The summed E-state index contributed by atoms with van der Waals surface area (Å²) in [5.74, 6) is 2.65. The first-order valence-corrected chi connectivity index (χ1v) is 13.5. The monoisotopic (exact) mass is 410 g/mol. The smallest absolute Gasteiger partial charge is 0.248 e. The summed E-state index contributed by atoms with van der Waals surface area (Å²) in [6.07, 6.45) is 11.7. The summed E-state index contributed by atoms with van der Waals surface area (Å²) in [5, 5.41) is 0.907. The fourth-order valence-electron chi connectivity index (χ4n) is 6.32. The summed E-state index contributed by atoms with van der Waals surface area (Å²) in [5.41, 5.74) is 0. The van der Waals surface area contributed by atoms with Gasteiger partial charge in [-0.25, -0.2) is 8.42 Å². The van der Waals surface area contributed by atoms with Crippen LogP contribution in [0.5, 0.6) is 0 Å². The Balaban J connectivity index is 1.33. The number of nitrogens with zero attached hydrogens (tertiary/aromatic N) is 2. The second kappa shape index (κ2) is 7.05. The molecule has 1 amide bonds. The zero-order valence-electron chi connectivity index (χ0n) is 15.9. The van der Waals surface area contributed by atoms with Crippen LogP contribution in [0, 0.1) is 17.8 Å². The first kappa shape index (κ1) is 18.5. The molecule has 0 spiro atoms. The Morgan fingerprint density at radius 1 is 1.07 bits per heavy atom. The number of aliphatic imine (C=N–C) groups is 1. The van der Waals surface area contributed by atoms with Gasteiger partial charge in [-0.3, -0.25) is 4.79 Å². The minimum absolute atomic E-state index is 0.000358. The van der Waals surface area contributed by atoms with Crippen LogP contribution in [0.3, 0.4) is 0 Å². The van der Waals surface area contributed by atoms with Gasteiger partial charge in [-0.05, 0) is 43.4 Å². The van der Waals surface area contributed by atoms with Crippen LogP contribution in [0.1, 0.15) is 64.2 Å². The summed E-state index contributed by atoms with van der Waals surface area (Å²) in [6.45, 7) is 0. The molecule has 5 fully saturated rings. The predicted molar refractivity (Wildman–Crippen MR) is 109 cm³/mol. The van der Waals surface area contributed by atoms with Crippen LogP contribution in [0.2, 0.25) is 0 Å². The third kappa shape index (κ3) is 3.59. The summed E-state index contributed by atoms with van der Waals surface area (Å²) in [7, 11) is -2.96. The molecule has 0 aromatic heterocycles. The number of hydrogen-bond acceptors (Lipinski definition) is 4. The van der Waals surface area contributed by atoms with Crippen LogP contribution in [0.4, 0.5) is 0 Å². The topological polar surface area (TPSA) is 66.8 Å². The van der Waals surface area contributed by atoms with E-state index in [0.717, 1.165) is 23.9 Å². The molecule has 3 aliphatic carbocycles. The van der Waals surface area contributed by atoms with Crippen molar-refractivity contribution in [2.75, 3.05) is 11.5 Å². The van der Waals surface area contributed by atoms with Crippen molar-refractivity contribution in [3.63, 3.8) is 0 Å². The van der Waals surface area contributed by atoms with Gasteiger partial charge in [0, 0.05) is 17.7 Å². The normalized spacial score (nSPS) is 41.7. The molecular formula is C20H30N2O3S2. The van der Waals surface area contributed by atoms with E-state index in [1.54, 1.807) is 11.8 Å². The molecule has 27 heavy (non-hydrogen) atoms. The molecule has 0 N–H and O–H groups in total. The van der Waals surface area contributed by atoms with Crippen molar-refractivity contribution in [2.45, 2.75) is 81.5 Å². The minimum Gasteiger partial charge on any atom is -0.343 e. The van der Waals surface area contributed by atoms with Crippen molar-refractivity contribution in [2.24, 2.45) is 22.7 Å². The number of hydrogen-bond donors (Lipinski definition) is 0. The Labute approximate surface area is 166 Å². The third-order valence-electron chi connectivity index (χ3n) is 7.63. The average Bonchev–Trinajstić information content (AvgIpc) is 3.39. The van der Waals surface area contributed by atoms with Gasteiger partial charge in [0.2, 0.25) is 5.91 Å². The Hall–Kier alpha value is -0.560. The highest BCUT2D eigenvalue weighted by Gasteiger charge is 2.54. The lowest BCUT2D eigenvalue weighted by molar-refractivity contribution is -0.118. The maximum absolute atomic E-state index is 12.6. The molecule has 7 heteroatoms. The first-order valence-electron chi connectivity index (χ1n) is 10.8. The van der Waals surface area contributed by atoms with E-state index >= 15 is 0 Å². The number of fused-ring (bicyclic) bond motifs is 3. The number of carbonyl (C=O) groups is 1. The maximum Gasteiger partial charge on any atom is 0.248 e. The van der Waals surface area contributed by atoms with Crippen LogP contribution in [0.15, 0.2) is 4.99 Å². The number of thioether (sulfide) groups is 1. The molecular weight excluding hydrogens is 380 g/mol. The molecule has 0 radical (unpaired) electrons. The van der Waals surface area contributed by atoms with Gasteiger partial charge in [0.05, 0.1) is 17.5 Å². The Bertz CT molecular complexity index is 744. The molecule has 2 saturated heterocycles. The Morgan fingerprint density at radius 2 is 1.89 bits per heavy atom. The largest absolute Gasteiger partial charge is 0.343 e. The standard InChI is InChI=1S/C20H30N2O3S2/c23-19(8-6-13-3-1-2-4-13)21-20-22(16-10-14-5-7-15(16)9-14)17-11-27(24,25)12-18(17)26-20/h13-18H,1-12H2/t14-,15-,16-,17+,18+/m1/s1. The van der Waals surface area contributed by atoms with Gasteiger partial charge in [0.25, 0.3) is 0 Å². The van der Waals surface area contributed by atoms with E-state index in [1.165, 1.54) is 44.9 Å². The van der Waals surface area contributed by atoms with Crippen molar-refractivity contribution in [1.82, 2.24) is 4.90 Å². The number of sulfone groups is 1. The van der Waals surface area contributed by atoms with Gasteiger partial charge in [-0.1, -0.05) is 43.9 Å². The lowest BCUT2D eigenvalue weighted by atomic mass is 9.93. The molecule has 2 aliphatic heterocycles. The quantitative estimate of drug-likeness (QED) is 0.712.